The molecule has 0 amide bonds. The molecule has 1 rings (SSSR count). The van der Waals surface area contributed by atoms with Gasteiger partial charge in [-0.15, -0.1) is 9.24 Å². The molecule has 0 spiro atoms. The SMILES string of the molecule is N[C@@H](c1ccccc1)[C@H](P)NSI. The van der Waals surface area contributed by atoms with Gasteiger partial charge in [0.25, 0.3) is 0 Å². The van der Waals surface area contributed by atoms with E-state index in [0.717, 1.165) is 5.56 Å². The Bertz CT molecular complexity index is 247. The fraction of sp³-hybridized carbons (Fsp3) is 0.250. The van der Waals surface area contributed by atoms with Gasteiger partial charge in [-0.2, -0.15) is 0 Å². The lowest BCUT2D eigenvalue weighted by Gasteiger charge is -2.19. The molecular formula is C8H12IN2PS. The molecule has 13 heavy (non-hydrogen) atoms. The second-order valence-corrected chi connectivity index (χ2v) is 5.09. The lowest BCUT2D eigenvalue weighted by atomic mass is 10.1. The van der Waals surface area contributed by atoms with Gasteiger partial charge in [-0.05, 0) is 14.7 Å². The van der Waals surface area contributed by atoms with Crippen LogP contribution in [-0.2, 0) is 0 Å². The Hall–Kier alpha value is 0.650. The Morgan fingerprint density at radius 3 is 2.54 bits per heavy atom. The zero-order valence-corrected chi connectivity index (χ0v) is 11.1. The Morgan fingerprint density at radius 2 is 2.00 bits per heavy atom. The molecule has 0 saturated heterocycles. The molecule has 0 aliphatic heterocycles. The van der Waals surface area contributed by atoms with E-state index in [4.69, 9.17) is 5.73 Å². The average Bonchev–Trinajstić information content (AvgIpc) is 2.18. The second-order valence-electron chi connectivity index (χ2n) is 2.66. The summed E-state index contributed by atoms with van der Waals surface area (Å²) < 4.78 is 3.19. The summed E-state index contributed by atoms with van der Waals surface area (Å²) in [6.07, 6.45) is 0. The van der Waals surface area contributed by atoms with Gasteiger partial charge in [-0.3, -0.25) is 0 Å². The highest BCUT2D eigenvalue weighted by Gasteiger charge is 2.13. The first-order chi connectivity index (χ1) is 6.25. The molecule has 0 heterocycles. The lowest BCUT2D eigenvalue weighted by Crippen LogP contribution is -2.29. The topological polar surface area (TPSA) is 38.0 Å². The van der Waals surface area contributed by atoms with Crippen LogP contribution in [0.2, 0.25) is 0 Å². The normalized spacial score (nSPS) is 15.3. The van der Waals surface area contributed by atoms with Gasteiger partial charge >= 0.3 is 0 Å². The number of rotatable bonds is 4. The molecule has 0 fully saturated rings. The maximum atomic E-state index is 6.02. The summed E-state index contributed by atoms with van der Waals surface area (Å²) in [6.45, 7) is 0. The van der Waals surface area contributed by atoms with Crippen molar-refractivity contribution in [1.29, 1.82) is 0 Å². The molecule has 1 aromatic rings. The highest BCUT2D eigenvalue weighted by Crippen LogP contribution is 2.21. The fourth-order valence-electron chi connectivity index (χ4n) is 1.01. The summed E-state index contributed by atoms with van der Waals surface area (Å²) in [7, 11) is 4.26. The highest BCUT2D eigenvalue weighted by molar-refractivity contribution is 14.2. The first-order valence-corrected chi connectivity index (χ1v) is 7.87. The van der Waals surface area contributed by atoms with E-state index in [9.17, 15) is 0 Å². The molecule has 3 N–H and O–H groups in total. The average molecular weight is 326 g/mol. The second kappa shape index (κ2) is 6.19. The molecule has 0 aliphatic carbocycles. The third-order valence-electron chi connectivity index (χ3n) is 1.75. The molecule has 0 saturated carbocycles. The van der Waals surface area contributed by atoms with Crippen molar-refractivity contribution in [2.75, 3.05) is 0 Å². The van der Waals surface area contributed by atoms with E-state index in [1.54, 1.807) is 9.12 Å². The number of halogens is 1. The van der Waals surface area contributed by atoms with Crippen molar-refractivity contribution in [3.05, 3.63) is 35.9 Å². The summed E-state index contributed by atoms with van der Waals surface area (Å²) in [4.78, 5) is 0. The fourth-order valence-corrected chi connectivity index (χ4v) is 3.39. The molecule has 1 unspecified atom stereocenters. The van der Waals surface area contributed by atoms with E-state index >= 15 is 0 Å². The Kier molecular flexibility index (Phi) is 5.58. The van der Waals surface area contributed by atoms with Crippen LogP contribution < -0.4 is 10.5 Å². The quantitative estimate of drug-likeness (QED) is 0.507. The molecule has 3 atom stereocenters. The van der Waals surface area contributed by atoms with Gasteiger partial charge in [0.1, 0.15) is 0 Å². The zero-order chi connectivity index (χ0) is 9.68. The van der Waals surface area contributed by atoms with Gasteiger partial charge < -0.3 is 5.73 Å². The van der Waals surface area contributed by atoms with Crippen molar-refractivity contribution < 1.29 is 0 Å². The van der Waals surface area contributed by atoms with Crippen molar-refractivity contribution >= 4 is 39.6 Å². The Morgan fingerprint density at radius 1 is 1.38 bits per heavy atom. The lowest BCUT2D eigenvalue weighted by molar-refractivity contribution is 0.666. The van der Waals surface area contributed by atoms with Crippen molar-refractivity contribution in [1.82, 2.24) is 4.72 Å². The van der Waals surface area contributed by atoms with Crippen LogP contribution in [0.5, 0.6) is 0 Å². The van der Waals surface area contributed by atoms with E-state index < -0.39 is 0 Å². The van der Waals surface area contributed by atoms with Crippen LogP contribution in [0, 0.1) is 0 Å². The molecule has 0 radical (unpaired) electrons. The van der Waals surface area contributed by atoms with E-state index in [2.05, 4.69) is 35.2 Å². The van der Waals surface area contributed by atoms with Crippen LogP contribution >= 0.6 is 39.6 Å². The van der Waals surface area contributed by atoms with Crippen molar-refractivity contribution in [3.63, 3.8) is 0 Å². The van der Waals surface area contributed by atoms with Gasteiger partial charge in [0.05, 0.1) is 5.78 Å². The first kappa shape index (κ1) is 11.7. The predicted octanol–water partition coefficient (Wildman–Crippen LogP) is 2.48. The molecule has 1 aromatic carbocycles. The van der Waals surface area contributed by atoms with Gasteiger partial charge in [0.2, 0.25) is 0 Å². The minimum absolute atomic E-state index is 0.0217. The summed E-state index contributed by atoms with van der Waals surface area (Å²) in [5, 5.41) is 0. The van der Waals surface area contributed by atoms with Gasteiger partial charge in [0.15, 0.2) is 0 Å². The van der Waals surface area contributed by atoms with Crippen LogP contribution in [0.1, 0.15) is 11.6 Å². The Balaban J connectivity index is 2.62. The van der Waals surface area contributed by atoms with Crippen LogP contribution in [0.4, 0.5) is 0 Å². The van der Waals surface area contributed by atoms with Crippen LogP contribution in [0.15, 0.2) is 30.3 Å². The van der Waals surface area contributed by atoms with Gasteiger partial charge in [-0.1, -0.05) is 30.3 Å². The summed E-state index contributed by atoms with van der Waals surface area (Å²) in [6, 6.07) is 10.1. The molecule has 0 aliphatic rings. The van der Waals surface area contributed by atoms with Crippen molar-refractivity contribution in [2.24, 2.45) is 5.73 Å². The van der Waals surface area contributed by atoms with E-state index in [-0.39, 0.29) is 11.8 Å². The monoisotopic (exact) mass is 326 g/mol. The van der Waals surface area contributed by atoms with Crippen molar-refractivity contribution in [3.8, 4) is 0 Å². The maximum absolute atomic E-state index is 6.02. The molecule has 5 heteroatoms. The van der Waals surface area contributed by atoms with Crippen molar-refractivity contribution in [2.45, 2.75) is 11.8 Å². The molecular weight excluding hydrogens is 314 g/mol. The first-order valence-electron chi connectivity index (χ1n) is 3.85. The van der Waals surface area contributed by atoms with Crippen LogP contribution in [0.3, 0.4) is 0 Å². The van der Waals surface area contributed by atoms with E-state index in [1.165, 1.54) is 0 Å². The minimum Gasteiger partial charge on any atom is -0.322 e. The number of hydrogen-bond donors (Lipinski definition) is 2. The molecule has 2 nitrogen and oxygen atoms in total. The number of nitrogens with two attached hydrogens (primary N) is 1. The largest absolute Gasteiger partial charge is 0.322 e. The third-order valence-corrected chi connectivity index (χ3v) is 3.70. The summed E-state index contributed by atoms with van der Waals surface area (Å²) >= 11 is 2.19. The van der Waals surface area contributed by atoms with Gasteiger partial charge in [0, 0.05) is 27.2 Å². The predicted molar refractivity (Wildman–Crippen MR) is 71.6 cm³/mol. The van der Waals surface area contributed by atoms with E-state index in [0.29, 0.717) is 0 Å². The van der Waals surface area contributed by atoms with Gasteiger partial charge in [-0.25, -0.2) is 4.72 Å². The number of hydrogen-bond acceptors (Lipinski definition) is 3. The minimum atomic E-state index is 0.0217. The summed E-state index contributed by atoms with van der Waals surface area (Å²) in [5.74, 6) is 0.198. The zero-order valence-electron chi connectivity index (χ0n) is 6.98. The van der Waals surface area contributed by atoms with E-state index in [1.807, 2.05) is 30.3 Å². The highest BCUT2D eigenvalue weighted by atomic mass is 127. The standard InChI is InChI=1S/C8H12IN2PS/c9-13-11-8(12)7(10)6-4-2-1-3-5-6/h1-5,7-8,11H,10,12H2/t7-,8-/m0/s1. The summed E-state index contributed by atoms with van der Waals surface area (Å²) in [5.41, 5.74) is 7.18. The Labute approximate surface area is 97.3 Å². The number of nitrogens with one attached hydrogen (secondary N) is 1. The molecule has 0 bridgehead atoms. The molecule has 72 valence electrons. The third kappa shape index (κ3) is 3.72. The maximum Gasteiger partial charge on any atom is 0.0511 e. The van der Waals surface area contributed by atoms with Crippen LogP contribution in [0.25, 0.3) is 0 Å². The number of benzene rings is 1. The smallest absolute Gasteiger partial charge is 0.0511 e. The van der Waals surface area contributed by atoms with Crippen LogP contribution in [-0.4, -0.2) is 5.78 Å². The molecule has 0 aromatic heterocycles.